The van der Waals surface area contributed by atoms with Crippen molar-refractivity contribution in [3.8, 4) is 0 Å². The molecule has 0 radical (unpaired) electrons. The SMILES string of the molecule is O=NN1CC[C@H](O)[C@H]1c1cccnc1. The van der Waals surface area contributed by atoms with Crippen LogP contribution in [-0.4, -0.2) is 27.7 Å². The lowest BCUT2D eigenvalue weighted by Gasteiger charge is -2.20. The molecule has 14 heavy (non-hydrogen) atoms. The molecule has 0 amide bonds. The minimum Gasteiger partial charge on any atom is -0.390 e. The van der Waals surface area contributed by atoms with Gasteiger partial charge in [0.05, 0.1) is 11.4 Å². The van der Waals surface area contributed by atoms with Crippen molar-refractivity contribution in [1.29, 1.82) is 0 Å². The monoisotopic (exact) mass is 193 g/mol. The first-order chi connectivity index (χ1) is 6.83. The van der Waals surface area contributed by atoms with Crippen LogP contribution in [0.5, 0.6) is 0 Å². The molecule has 5 heteroatoms. The third-order valence-corrected chi connectivity index (χ3v) is 2.47. The molecule has 0 aliphatic carbocycles. The Morgan fingerprint density at radius 2 is 2.50 bits per heavy atom. The number of pyridine rings is 1. The van der Waals surface area contributed by atoms with Crippen LogP contribution in [0.4, 0.5) is 0 Å². The number of nitrogens with zero attached hydrogens (tertiary/aromatic N) is 3. The zero-order chi connectivity index (χ0) is 9.97. The van der Waals surface area contributed by atoms with E-state index in [1.54, 1.807) is 18.5 Å². The molecule has 0 aromatic carbocycles. The summed E-state index contributed by atoms with van der Waals surface area (Å²) in [4.78, 5) is 14.4. The maximum atomic E-state index is 10.5. The standard InChI is InChI=1S/C9H11N3O2/c13-8-3-5-12(11-14)9(8)7-2-1-4-10-6-7/h1-2,4,6,8-9,13H,3,5H2/t8-,9+/m0/s1. The van der Waals surface area contributed by atoms with E-state index in [1.165, 1.54) is 5.01 Å². The van der Waals surface area contributed by atoms with Gasteiger partial charge in [0.15, 0.2) is 0 Å². The summed E-state index contributed by atoms with van der Waals surface area (Å²) in [5.74, 6) is 0. The quantitative estimate of drug-likeness (QED) is 0.708. The second kappa shape index (κ2) is 3.71. The Balaban J connectivity index is 2.27. The summed E-state index contributed by atoms with van der Waals surface area (Å²) in [6, 6.07) is 3.29. The maximum Gasteiger partial charge on any atom is 0.103 e. The highest BCUT2D eigenvalue weighted by Gasteiger charge is 2.34. The number of rotatable bonds is 2. The average Bonchev–Trinajstić information content (AvgIpc) is 2.61. The molecule has 2 heterocycles. The summed E-state index contributed by atoms with van der Waals surface area (Å²) in [6.45, 7) is 0.504. The summed E-state index contributed by atoms with van der Waals surface area (Å²) in [6.07, 6.45) is 3.35. The van der Waals surface area contributed by atoms with Crippen molar-refractivity contribution in [2.75, 3.05) is 6.54 Å². The van der Waals surface area contributed by atoms with Gasteiger partial charge in [-0.3, -0.25) is 9.99 Å². The van der Waals surface area contributed by atoms with Crippen molar-refractivity contribution >= 4 is 0 Å². The van der Waals surface area contributed by atoms with Gasteiger partial charge >= 0.3 is 0 Å². The molecule has 1 fully saturated rings. The van der Waals surface area contributed by atoms with Gasteiger partial charge < -0.3 is 5.11 Å². The Hall–Kier alpha value is -1.49. The van der Waals surface area contributed by atoms with Crippen LogP contribution in [0.1, 0.15) is 18.0 Å². The van der Waals surface area contributed by atoms with Gasteiger partial charge in [-0.1, -0.05) is 6.07 Å². The Morgan fingerprint density at radius 1 is 1.64 bits per heavy atom. The first kappa shape index (κ1) is 9.08. The van der Waals surface area contributed by atoms with E-state index in [0.717, 1.165) is 5.56 Å². The van der Waals surface area contributed by atoms with E-state index in [9.17, 15) is 10.0 Å². The van der Waals surface area contributed by atoms with Crippen molar-refractivity contribution in [3.05, 3.63) is 35.0 Å². The summed E-state index contributed by atoms with van der Waals surface area (Å²) in [5.41, 5.74) is 0.831. The molecule has 1 aromatic heterocycles. The summed E-state index contributed by atoms with van der Waals surface area (Å²) >= 11 is 0. The largest absolute Gasteiger partial charge is 0.390 e. The van der Waals surface area contributed by atoms with Gasteiger partial charge in [0.25, 0.3) is 0 Å². The van der Waals surface area contributed by atoms with Gasteiger partial charge in [-0.05, 0) is 18.1 Å². The van der Waals surface area contributed by atoms with E-state index in [4.69, 9.17) is 0 Å². The normalized spacial score (nSPS) is 26.5. The lowest BCUT2D eigenvalue weighted by Crippen LogP contribution is -2.22. The molecule has 74 valence electrons. The van der Waals surface area contributed by atoms with Crippen molar-refractivity contribution in [1.82, 2.24) is 9.99 Å². The molecule has 0 bridgehead atoms. The molecule has 1 aliphatic heterocycles. The highest BCUT2D eigenvalue weighted by atomic mass is 16.3. The van der Waals surface area contributed by atoms with Crippen LogP contribution in [-0.2, 0) is 0 Å². The Bertz CT molecular complexity index is 317. The topological polar surface area (TPSA) is 65.8 Å². The van der Waals surface area contributed by atoms with Crippen molar-refractivity contribution in [3.63, 3.8) is 0 Å². The Morgan fingerprint density at radius 3 is 3.14 bits per heavy atom. The first-order valence-corrected chi connectivity index (χ1v) is 4.51. The molecular weight excluding hydrogens is 182 g/mol. The van der Waals surface area contributed by atoms with Gasteiger partial charge in [-0.15, -0.1) is 4.91 Å². The molecule has 2 rings (SSSR count). The lowest BCUT2D eigenvalue weighted by atomic mass is 10.1. The fourth-order valence-corrected chi connectivity index (χ4v) is 1.80. The number of hydrogen-bond acceptors (Lipinski definition) is 4. The third-order valence-electron chi connectivity index (χ3n) is 2.47. The molecule has 1 aromatic rings. The van der Waals surface area contributed by atoms with Gasteiger partial charge in [0.2, 0.25) is 0 Å². The average molecular weight is 193 g/mol. The predicted molar refractivity (Wildman–Crippen MR) is 50.1 cm³/mol. The zero-order valence-electron chi connectivity index (χ0n) is 7.58. The smallest absolute Gasteiger partial charge is 0.103 e. The number of nitroso groups, excluding NO2 is 1. The Labute approximate surface area is 81.3 Å². The van der Waals surface area contributed by atoms with Crippen LogP contribution >= 0.6 is 0 Å². The molecular formula is C9H11N3O2. The highest BCUT2D eigenvalue weighted by Crippen LogP contribution is 2.31. The van der Waals surface area contributed by atoms with Crippen molar-refractivity contribution < 1.29 is 5.11 Å². The molecule has 1 aliphatic rings. The van der Waals surface area contributed by atoms with Crippen LogP contribution < -0.4 is 0 Å². The van der Waals surface area contributed by atoms with Crippen LogP contribution in [0.15, 0.2) is 29.8 Å². The fraction of sp³-hybridized carbons (Fsp3) is 0.444. The van der Waals surface area contributed by atoms with E-state index in [1.807, 2.05) is 6.07 Å². The van der Waals surface area contributed by atoms with Crippen molar-refractivity contribution in [2.24, 2.45) is 5.29 Å². The molecule has 0 saturated carbocycles. The van der Waals surface area contributed by atoms with Gasteiger partial charge in [-0.2, -0.15) is 0 Å². The summed E-state index contributed by atoms with van der Waals surface area (Å²) in [7, 11) is 0. The second-order valence-corrected chi connectivity index (χ2v) is 3.33. The van der Waals surface area contributed by atoms with Gasteiger partial charge in [0.1, 0.15) is 6.04 Å². The fourth-order valence-electron chi connectivity index (χ4n) is 1.80. The van der Waals surface area contributed by atoms with Crippen LogP contribution in [0, 0.1) is 4.91 Å². The van der Waals surface area contributed by atoms with Gasteiger partial charge in [0, 0.05) is 18.9 Å². The maximum absolute atomic E-state index is 10.5. The number of aliphatic hydroxyl groups excluding tert-OH is 1. The van der Waals surface area contributed by atoms with E-state index < -0.39 is 6.10 Å². The van der Waals surface area contributed by atoms with Gasteiger partial charge in [-0.25, -0.2) is 0 Å². The third kappa shape index (κ3) is 1.46. The number of hydrogen-bond donors (Lipinski definition) is 1. The molecule has 1 saturated heterocycles. The first-order valence-electron chi connectivity index (χ1n) is 4.51. The van der Waals surface area contributed by atoms with Crippen molar-refractivity contribution in [2.45, 2.75) is 18.6 Å². The molecule has 1 N–H and O–H groups in total. The Kier molecular flexibility index (Phi) is 2.41. The van der Waals surface area contributed by atoms with E-state index in [2.05, 4.69) is 10.3 Å². The number of aliphatic hydroxyl groups is 1. The van der Waals surface area contributed by atoms with E-state index >= 15 is 0 Å². The van der Waals surface area contributed by atoms with E-state index in [0.29, 0.717) is 13.0 Å². The lowest BCUT2D eigenvalue weighted by molar-refractivity contribution is 0.117. The molecule has 5 nitrogen and oxygen atoms in total. The highest BCUT2D eigenvalue weighted by molar-refractivity contribution is 5.17. The minimum atomic E-state index is -0.531. The molecule has 2 atom stereocenters. The van der Waals surface area contributed by atoms with Crippen LogP contribution in [0.3, 0.4) is 0 Å². The number of aromatic nitrogens is 1. The molecule has 0 unspecified atom stereocenters. The van der Waals surface area contributed by atoms with Crippen LogP contribution in [0.25, 0.3) is 0 Å². The minimum absolute atomic E-state index is 0.332. The second-order valence-electron chi connectivity index (χ2n) is 3.33. The van der Waals surface area contributed by atoms with Crippen LogP contribution in [0.2, 0.25) is 0 Å². The summed E-state index contributed by atoms with van der Waals surface area (Å²) in [5, 5.41) is 13.9. The summed E-state index contributed by atoms with van der Waals surface area (Å²) < 4.78 is 0. The molecule has 0 spiro atoms. The predicted octanol–water partition coefficient (Wildman–Crippen LogP) is 0.871. The zero-order valence-corrected chi connectivity index (χ0v) is 7.58. The van der Waals surface area contributed by atoms with E-state index in [-0.39, 0.29) is 6.04 Å².